The third kappa shape index (κ3) is 4.80. The van der Waals surface area contributed by atoms with Crippen LogP contribution in [-0.2, 0) is 11.3 Å². The first-order valence-corrected chi connectivity index (χ1v) is 12.2. The first kappa shape index (κ1) is 22.5. The summed E-state index contributed by atoms with van der Waals surface area (Å²) in [7, 11) is 0. The predicted octanol–water partition coefficient (Wildman–Crippen LogP) is 3.91. The minimum atomic E-state index is -0.116. The van der Waals surface area contributed by atoms with Crippen LogP contribution in [0.2, 0.25) is 0 Å². The van der Waals surface area contributed by atoms with Crippen LogP contribution in [0.15, 0.2) is 47.3 Å². The molecule has 0 saturated carbocycles. The van der Waals surface area contributed by atoms with Gasteiger partial charge in [0.2, 0.25) is 0 Å². The van der Waals surface area contributed by atoms with Gasteiger partial charge in [-0.05, 0) is 68.0 Å². The van der Waals surface area contributed by atoms with Crippen LogP contribution >= 0.6 is 0 Å². The highest BCUT2D eigenvalue weighted by molar-refractivity contribution is 6.00. The fourth-order valence-electron chi connectivity index (χ4n) is 4.84. The molecule has 2 aliphatic rings. The highest BCUT2D eigenvalue weighted by Crippen LogP contribution is 2.28. The van der Waals surface area contributed by atoms with E-state index in [1.165, 1.54) is 19.3 Å². The molecule has 2 fully saturated rings. The molecule has 3 heterocycles. The number of H-pyrrole nitrogens is 1. The van der Waals surface area contributed by atoms with Crippen molar-refractivity contribution in [3.8, 4) is 0 Å². The molecule has 0 radical (unpaired) electrons. The van der Waals surface area contributed by atoms with Crippen molar-refractivity contribution in [3.63, 3.8) is 0 Å². The third-order valence-electron chi connectivity index (χ3n) is 6.80. The van der Waals surface area contributed by atoms with Gasteiger partial charge in [-0.15, -0.1) is 0 Å². The molecule has 7 heteroatoms. The number of rotatable bonds is 5. The number of carbonyl (C=O) groups is 1. The van der Waals surface area contributed by atoms with E-state index in [2.05, 4.69) is 27.3 Å². The Labute approximate surface area is 199 Å². The van der Waals surface area contributed by atoms with Crippen molar-refractivity contribution in [1.82, 2.24) is 9.88 Å². The maximum Gasteiger partial charge on any atom is 0.256 e. The lowest BCUT2D eigenvalue weighted by atomic mass is 10.1. The fraction of sp³-hybridized carbons (Fsp3) is 0.407. The highest BCUT2D eigenvalue weighted by atomic mass is 16.5. The van der Waals surface area contributed by atoms with Gasteiger partial charge in [0.25, 0.3) is 11.5 Å². The molecular weight excluding hydrogens is 428 g/mol. The normalized spacial score (nSPS) is 16.6. The van der Waals surface area contributed by atoms with Gasteiger partial charge in [0, 0.05) is 55.2 Å². The minimum absolute atomic E-state index is 0.00713. The molecule has 0 bridgehead atoms. The van der Waals surface area contributed by atoms with E-state index in [9.17, 15) is 9.59 Å². The van der Waals surface area contributed by atoms with Crippen molar-refractivity contribution < 1.29 is 9.53 Å². The van der Waals surface area contributed by atoms with Crippen LogP contribution in [0.25, 0.3) is 10.9 Å². The van der Waals surface area contributed by atoms with Crippen LogP contribution in [0.4, 0.5) is 11.4 Å². The molecule has 0 unspecified atom stereocenters. The number of aryl methyl sites for hydroxylation is 1. The number of amides is 1. The maximum absolute atomic E-state index is 13.5. The number of ether oxygens (including phenoxy) is 1. The van der Waals surface area contributed by atoms with Crippen LogP contribution < -0.4 is 15.8 Å². The van der Waals surface area contributed by atoms with E-state index in [4.69, 9.17) is 4.74 Å². The monoisotopic (exact) mass is 460 g/mol. The molecule has 0 spiro atoms. The summed E-state index contributed by atoms with van der Waals surface area (Å²) in [5, 5.41) is 4.38. The van der Waals surface area contributed by atoms with Crippen molar-refractivity contribution >= 4 is 28.2 Å². The number of fused-ring (bicyclic) bond motifs is 1. The molecular formula is C27H32N4O3. The number of nitrogens with zero attached hydrogens (tertiary/aromatic N) is 2. The van der Waals surface area contributed by atoms with Crippen molar-refractivity contribution in [3.05, 3.63) is 69.5 Å². The number of benzene rings is 2. The predicted molar refractivity (Wildman–Crippen MR) is 136 cm³/mol. The lowest BCUT2D eigenvalue weighted by Gasteiger charge is -2.31. The van der Waals surface area contributed by atoms with E-state index < -0.39 is 0 Å². The Kier molecular flexibility index (Phi) is 6.54. The molecule has 34 heavy (non-hydrogen) atoms. The van der Waals surface area contributed by atoms with Gasteiger partial charge in [0.05, 0.1) is 18.8 Å². The van der Waals surface area contributed by atoms with Crippen molar-refractivity contribution in [2.75, 3.05) is 49.6 Å². The van der Waals surface area contributed by atoms with E-state index in [1.54, 1.807) is 0 Å². The van der Waals surface area contributed by atoms with Crippen molar-refractivity contribution in [2.45, 2.75) is 32.7 Å². The van der Waals surface area contributed by atoms with Gasteiger partial charge in [0.15, 0.2) is 0 Å². The number of pyridine rings is 1. The number of hydrogen-bond acceptors (Lipinski definition) is 5. The molecule has 1 amide bonds. The molecule has 0 aliphatic carbocycles. The molecule has 5 rings (SSSR count). The molecule has 1 aromatic heterocycles. The van der Waals surface area contributed by atoms with Crippen molar-refractivity contribution in [1.29, 1.82) is 0 Å². The van der Waals surface area contributed by atoms with Gasteiger partial charge in [-0.3, -0.25) is 9.59 Å². The van der Waals surface area contributed by atoms with Crippen LogP contribution in [0.5, 0.6) is 0 Å². The van der Waals surface area contributed by atoms with Crippen LogP contribution in [-0.4, -0.2) is 55.2 Å². The highest BCUT2D eigenvalue weighted by Gasteiger charge is 2.23. The Morgan fingerprint density at radius 2 is 1.79 bits per heavy atom. The van der Waals surface area contributed by atoms with E-state index >= 15 is 0 Å². The number of hydrogen-bond donors (Lipinski definition) is 2. The van der Waals surface area contributed by atoms with Gasteiger partial charge in [-0.1, -0.05) is 11.6 Å². The first-order valence-electron chi connectivity index (χ1n) is 12.2. The average molecular weight is 461 g/mol. The van der Waals surface area contributed by atoms with Crippen molar-refractivity contribution in [2.24, 2.45) is 0 Å². The molecule has 2 N–H and O–H groups in total. The zero-order valence-corrected chi connectivity index (χ0v) is 19.7. The molecule has 7 nitrogen and oxygen atoms in total. The van der Waals surface area contributed by atoms with E-state index in [0.29, 0.717) is 44.0 Å². The Bertz CT molecular complexity index is 1240. The number of aromatic amines is 1. The summed E-state index contributed by atoms with van der Waals surface area (Å²) in [5.41, 5.74) is 4.98. The Morgan fingerprint density at radius 1 is 1.00 bits per heavy atom. The van der Waals surface area contributed by atoms with Gasteiger partial charge in [-0.25, -0.2) is 0 Å². The summed E-state index contributed by atoms with van der Waals surface area (Å²) in [4.78, 5) is 33.4. The van der Waals surface area contributed by atoms with Crippen LogP contribution in [0.3, 0.4) is 0 Å². The number of morpholine rings is 1. The maximum atomic E-state index is 13.5. The van der Waals surface area contributed by atoms with Crippen LogP contribution in [0.1, 0.15) is 40.7 Å². The average Bonchev–Trinajstić information content (AvgIpc) is 2.88. The number of carbonyl (C=O) groups excluding carboxylic acids is 1. The fourth-order valence-corrected chi connectivity index (χ4v) is 4.84. The molecule has 2 aliphatic heterocycles. The zero-order valence-electron chi connectivity index (χ0n) is 19.7. The summed E-state index contributed by atoms with van der Waals surface area (Å²) in [6.07, 6.45) is 3.61. The number of piperidine rings is 1. The second-order valence-corrected chi connectivity index (χ2v) is 9.25. The van der Waals surface area contributed by atoms with Gasteiger partial charge >= 0.3 is 0 Å². The quantitative estimate of drug-likeness (QED) is 0.604. The molecule has 2 saturated heterocycles. The smallest absolute Gasteiger partial charge is 0.256 e. The number of anilines is 2. The van der Waals surface area contributed by atoms with Gasteiger partial charge < -0.3 is 24.8 Å². The number of nitrogens with one attached hydrogen (secondary N) is 2. The summed E-state index contributed by atoms with van der Waals surface area (Å²) in [6.45, 7) is 6.72. The minimum Gasteiger partial charge on any atom is -0.380 e. The summed E-state index contributed by atoms with van der Waals surface area (Å²) < 4.78 is 5.44. The van der Waals surface area contributed by atoms with E-state index in [-0.39, 0.29) is 11.5 Å². The third-order valence-corrected chi connectivity index (χ3v) is 6.80. The standard InChI is InChI=1S/C27H32N4O3/c1-19-5-7-24-20(15-19)16-21(26(32)29-24)18-28-25-8-6-22(30-9-3-2-4-10-30)17-23(25)27(33)31-11-13-34-14-12-31/h5-8,15-17,28H,2-4,9-14,18H2,1H3,(H,29,32). The Hall–Kier alpha value is -3.32. The lowest BCUT2D eigenvalue weighted by molar-refractivity contribution is 0.0303. The number of aromatic nitrogens is 1. The van der Waals surface area contributed by atoms with Gasteiger partial charge in [-0.2, -0.15) is 0 Å². The van der Waals surface area contributed by atoms with Gasteiger partial charge in [0.1, 0.15) is 0 Å². The van der Waals surface area contributed by atoms with E-state index in [1.807, 2.05) is 42.2 Å². The second kappa shape index (κ2) is 9.89. The molecule has 0 atom stereocenters. The first-order chi connectivity index (χ1) is 16.6. The van der Waals surface area contributed by atoms with E-state index in [0.717, 1.165) is 40.9 Å². The topological polar surface area (TPSA) is 77.7 Å². The molecule has 2 aromatic carbocycles. The summed E-state index contributed by atoms with van der Waals surface area (Å²) in [5.74, 6) is 0.00713. The largest absolute Gasteiger partial charge is 0.380 e. The summed E-state index contributed by atoms with van der Waals surface area (Å²) >= 11 is 0. The molecule has 178 valence electrons. The van der Waals surface area contributed by atoms with Crippen LogP contribution in [0, 0.1) is 6.92 Å². The second-order valence-electron chi connectivity index (χ2n) is 9.25. The summed E-state index contributed by atoms with van der Waals surface area (Å²) in [6, 6.07) is 14.0. The lowest BCUT2D eigenvalue weighted by Crippen LogP contribution is -2.41. The molecule has 3 aromatic rings. The Balaban J connectivity index is 1.44. The Morgan fingerprint density at radius 3 is 2.59 bits per heavy atom. The SMILES string of the molecule is Cc1ccc2[nH]c(=O)c(CNc3ccc(N4CCCCC4)cc3C(=O)N3CCOCC3)cc2c1. The zero-order chi connectivity index (χ0) is 23.5.